The number of para-hydroxylation sites is 2. The van der Waals surface area contributed by atoms with Crippen molar-refractivity contribution in [1.82, 2.24) is 0 Å². The van der Waals surface area contributed by atoms with Crippen molar-refractivity contribution in [2.75, 3.05) is 0 Å². The number of aryl methyl sites for hydroxylation is 3. The second kappa shape index (κ2) is 19.4. The maximum absolute atomic E-state index is 2.50. The van der Waals surface area contributed by atoms with Crippen molar-refractivity contribution in [2.24, 2.45) is 23.7 Å². The van der Waals surface area contributed by atoms with Gasteiger partial charge in [0.2, 0.25) is 22.4 Å². The van der Waals surface area contributed by atoms with E-state index in [-0.39, 0.29) is 0 Å². The van der Waals surface area contributed by atoms with Gasteiger partial charge in [-0.1, -0.05) is 140 Å². The van der Waals surface area contributed by atoms with Crippen LogP contribution >= 0.6 is 0 Å². The Morgan fingerprint density at radius 3 is 1.51 bits per heavy atom. The third kappa shape index (κ3) is 9.35. The van der Waals surface area contributed by atoms with Crippen LogP contribution in [-0.4, -0.2) is 0 Å². The minimum atomic E-state index is 0.684. The SMILES string of the molecule is CC(C)Cc1cc(CC(C)C)c2c(c1)-c1ccc3ccccc3[n+]1C2.Cc1cc(C)c2c(c1)-c1ccc3ccc(CC(C)C)cc3c1C2.Cc1cc(CC(C)C)cc2c1C[n+]1c-2ccc2ccccc21. The molecule has 0 amide bonds. The zero-order chi connectivity index (χ0) is 49.0. The van der Waals surface area contributed by atoms with Crippen molar-refractivity contribution in [2.45, 2.75) is 121 Å². The summed E-state index contributed by atoms with van der Waals surface area (Å²) >= 11 is 0. The lowest BCUT2D eigenvalue weighted by atomic mass is 9.90. The Labute approximate surface area is 419 Å². The summed E-state index contributed by atoms with van der Waals surface area (Å²) in [4.78, 5) is 0. The topological polar surface area (TPSA) is 7.76 Å². The first-order chi connectivity index (χ1) is 33.7. The predicted octanol–water partition coefficient (Wildman–Crippen LogP) is 16.4. The van der Waals surface area contributed by atoms with E-state index in [1.54, 1.807) is 5.56 Å². The van der Waals surface area contributed by atoms with Crippen LogP contribution in [0.15, 0.2) is 140 Å². The minimum Gasteiger partial charge on any atom is -0.187 e. The Morgan fingerprint density at radius 1 is 0.386 bits per heavy atom. The molecule has 2 heteroatoms. The molecule has 12 rings (SSSR count). The number of hydrogen-bond acceptors (Lipinski definition) is 0. The molecule has 2 nitrogen and oxygen atoms in total. The van der Waals surface area contributed by atoms with E-state index in [4.69, 9.17) is 0 Å². The van der Waals surface area contributed by atoms with Crippen molar-refractivity contribution in [3.05, 3.63) is 201 Å². The first-order valence-corrected chi connectivity index (χ1v) is 26.4. The fourth-order valence-electron chi connectivity index (χ4n) is 12.1. The summed E-state index contributed by atoms with van der Waals surface area (Å²) in [6.45, 7) is 27.2. The van der Waals surface area contributed by atoms with E-state index >= 15 is 0 Å². The number of fused-ring (bicyclic) bond motifs is 15. The summed E-state index contributed by atoms with van der Waals surface area (Å²) in [5.74, 6) is 2.77. The van der Waals surface area contributed by atoms with Crippen LogP contribution in [-0.2, 0) is 45.2 Å². The van der Waals surface area contributed by atoms with Gasteiger partial charge in [-0.05, 0) is 179 Å². The third-order valence-corrected chi connectivity index (χ3v) is 15.0. The molecule has 7 aromatic carbocycles. The average molecular weight is 919 g/mol. The molecule has 0 atom stereocenters. The smallest absolute Gasteiger partial charge is 0.187 e. The summed E-state index contributed by atoms with van der Waals surface area (Å²) in [5, 5.41) is 5.47. The molecule has 70 heavy (non-hydrogen) atoms. The Hall–Kier alpha value is -6.38. The number of nitrogens with zero attached hydrogens (tertiary/aromatic N) is 2. The van der Waals surface area contributed by atoms with Crippen LogP contribution in [0, 0.1) is 44.4 Å². The van der Waals surface area contributed by atoms with Crippen LogP contribution < -0.4 is 9.13 Å². The van der Waals surface area contributed by atoms with Crippen LogP contribution in [0.2, 0.25) is 0 Å². The molecule has 4 heterocycles. The minimum absolute atomic E-state index is 0.684. The number of pyridine rings is 2. The zero-order valence-electron chi connectivity index (χ0n) is 43.9. The van der Waals surface area contributed by atoms with Gasteiger partial charge in [0.15, 0.2) is 13.1 Å². The molecule has 354 valence electrons. The van der Waals surface area contributed by atoms with Gasteiger partial charge in [0.25, 0.3) is 0 Å². The molecule has 0 N–H and O–H groups in total. The van der Waals surface area contributed by atoms with Crippen molar-refractivity contribution in [3.63, 3.8) is 0 Å². The van der Waals surface area contributed by atoms with Gasteiger partial charge in [-0.2, -0.15) is 9.13 Å². The first kappa shape index (κ1) is 47.3. The summed E-state index contributed by atoms with van der Waals surface area (Å²) < 4.78 is 4.97. The highest BCUT2D eigenvalue weighted by molar-refractivity contribution is 5.96. The summed E-state index contributed by atoms with van der Waals surface area (Å²) in [5.41, 5.74) is 27.5. The van der Waals surface area contributed by atoms with Gasteiger partial charge in [-0.15, -0.1) is 0 Å². The fraction of sp³-hybridized carbons (Fsp3) is 0.324. The Bertz CT molecular complexity index is 3450. The van der Waals surface area contributed by atoms with E-state index in [0.29, 0.717) is 23.7 Å². The molecule has 0 spiro atoms. The van der Waals surface area contributed by atoms with Crippen LogP contribution in [0.5, 0.6) is 0 Å². The monoisotopic (exact) mass is 919 g/mol. The normalized spacial score (nSPS) is 12.8. The molecule has 0 saturated carbocycles. The zero-order valence-corrected chi connectivity index (χ0v) is 43.9. The molecule has 2 aromatic heterocycles. The van der Waals surface area contributed by atoms with E-state index in [1.165, 1.54) is 128 Å². The lowest BCUT2D eigenvalue weighted by Gasteiger charge is -2.13. The van der Waals surface area contributed by atoms with E-state index in [1.807, 2.05) is 0 Å². The van der Waals surface area contributed by atoms with Gasteiger partial charge in [0, 0.05) is 46.2 Å². The second-order valence-corrected chi connectivity index (χ2v) is 22.8. The Kier molecular flexibility index (Phi) is 13.1. The van der Waals surface area contributed by atoms with Crippen LogP contribution in [0.1, 0.15) is 117 Å². The third-order valence-electron chi connectivity index (χ3n) is 15.0. The standard InChI is InChI=1S/C24H28N.C23H24.C21H22N/c1-16(2)11-18-13-20(12-17(3)4)22-15-25-23-8-6-5-7-19(23)9-10-24(25)21(22)14-18;1-14(2)9-17-5-6-18-7-8-19-22-11-15(3)10-16(4)20(22)13-23(19)21(18)12-17;1-14(2)10-16-11-15(3)19-13-22-20-7-5-4-6-17(20)8-9-21(22)18(19)12-16/h5-10,13-14,16-17H,11-12,15H2,1-4H3;5-8,10-12,14H,9,13H2,1-4H3;4-9,11-12,14H,10,13H2,1-3H3/q+1;;+1. The van der Waals surface area contributed by atoms with E-state index in [0.717, 1.165) is 38.8 Å². The van der Waals surface area contributed by atoms with E-state index in [2.05, 4.69) is 225 Å². The van der Waals surface area contributed by atoms with Gasteiger partial charge in [0.05, 0.1) is 11.1 Å². The summed E-state index contributed by atoms with van der Waals surface area (Å²) in [6.07, 6.45) is 5.72. The molecule has 1 aliphatic carbocycles. The van der Waals surface area contributed by atoms with Crippen molar-refractivity contribution in [1.29, 1.82) is 0 Å². The van der Waals surface area contributed by atoms with Gasteiger partial charge in [-0.25, -0.2) is 0 Å². The molecule has 0 fully saturated rings. The quantitative estimate of drug-likeness (QED) is 0.134. The second-order valence-electron chi connectivity index (χ2n) is 22.8. The van der Waals surface area contributed by atoms with Crippen LogP contribution in [0.3, 0.4) is 0 Å². The van der Waals surface area contributed by atoms with Crippen molar-refractivity contribution >= 4 is 32.6 Å². The average Bonchev–Trinajstić information content (AvgIpc) is 4.01. The van der Waals surface area contributed by atoms with E-state index in [9.17, 15) is 0 Å². The molecule has 0 bridgehead atoms. The molecular formula is C68H74N2+2. The summed E-state index contributed by atoms with van der Waals surface area (Å²) in [7, 11) is 0. The first-order valence-electron chi connectivity index (χ1n) is 26.4. The van der Waals surface area contributed by atoms with E-state index < -0.39 is 0 Å². The van der Waals surface area contributed by atoms with Crippen LogP contribution in [0.4, 0.5) is 0 Å². The van der Waals surface area contributed by atoms with Gasteiger partial charge in [0.1, 0.15) is 0 Å². The maximum Gasteiger partial charge on any atom is 0.213 e. The molecule has 3 aliphatic rings. The largest absolute Gasteiger partial charge is 0.213 e. The van der Waals surface area contributed by atoms with Crippen molar-refractivity contribution in [3.8, 4) is 33.6 Å². The number of hydrogen-bond donors (Lipinski definition) is 0. The molecule has 0 radical (unpaired) electrons. The lowest BCUT2D eigenvalue weighted by molar-refractivity contribution is -0.645. The van der Waals surface area contributed by atoms with Gasteiger partial charge < -0.3 is 0 Å². The molecule has 2 aliphatic heterocycles. The van der Waals surface area contributed by atoms with Gasteiger partial charge >= 0.3 is 0 Å². The highest BCUT2D eigenvalue weighted by Crippen LogP contribution is 2.43. The Morgan fingerprint density at radius 2 is 0.900 bits per heavy atom. The molecule has 0 saturated heterocycles. The summed E-state index contributed by atoms with van der Waals surface area (Å²) in [6, 6.07) is 52.6. The fourth-order valence-corrected chi connectivity index (χ4v) is 12.1. The molecule has 0 unspecified atom stereocenters. The highest BCUT2D eigenvalue weighted by atomic mass is 15.0. The molecule has 9 aromatic rings. The van der Waals surface area contributed by atoms with Crippen molar-refractivity contribution < 1.29 is 9.13 Å². The maximum atomic E-state index is 2.50. The highest BCUT2D eigenvalue weighted by Gasteiger charge is 2.32. The predicted molar refractivity (Wildman–Crippen MR) is 298 cm³/mol. The number of benzene rings is 7. The lowest BCUT2D eigenvalue weighted by Crippen LogP contribution is -2.33. The van der Waals surface area contributed by atoms with Gasteiger partial charge in [-0.3, -0.25) is 0 Å². The number of rotatable bonds is 8. The van der Waals surface area contributed by atoms with Crippen LogP contribution in [0.25, 0.3) is 66.2 Å². The number of aromatic nitrogens is 2. The Balaban J connectivity index is 0.000000122. The molecular weight excluding hydrogens is 845 g/mol.